The van der Waals surface area contributed by atoms with Crippen molar-refractivity contribution in [3.05, 3.63) is 90.1 Å². The van der Waals surface area contributed by atoms with Crippen molar-refractivity contribution in [2.75, 3.05) is 6.54 Å². The number of oxazole rings is 1. The van der Waals surface area contributed by atoms with Crippen LogP contribution in [0.3, 0.4) is 0 Å². The summed E-state index contributed by atoms with van der Waals surface area (Å²) in [6.07, 6.45) is 1.64. The number of carbonyl (C=O) groups excluding carboxylic acids is 1. The van der Waals surface area contributed by atoms with Crippen LogP contribution in [0, 0.1) is 5.82 Å². The molecule has 0 unspecified atom stereocenters. The summed E-state index contributed by atoms with van der Waals surface area (Å²) in [7, 11) is 0. The summed E-state index contributed by atoms with van der Waals surface area (Å²) in [6.45, 7) is 0.605. The van der Waals surface area contributed by atoms with Gasteiger partial charge in [0.25, 0.3) is 5.91 Å². The molecule has 0 N–H and O–H groups in total. The van der Waals surface area contributed by atoms with Crippen molar-refractivity contribution in [1.82, 2.24) is 9.88 Å². The van der Waals surface area contributed by atoms with Crippen molar-refractivity contribution >= 4 is 17.0 Å². The molecule has 1 amide bonds. The summed E-state index contributed by atoms with van der Waals surface area (Å²) in [5, 5.41) is 0. The van der Waals surface area contributed by atoms with Crippen LogP contribution < -0.4 is 0 Å². The largest absolute Gasteiger partial charge is 0.438 e. The van der Waals surface area contributed by atoms with Crippen LogP contribution in [0.5, 0.6) is 0 Å². The highest BCUT2D eigenvalue weighted by Crippen LogP contribution is 2.35. The summed E-state index contributed by atoms with van der Waals surface area (Å²) < 4.78 is 19.6. The maximum absolute atomic E-state index is 13.6. The number of fused-ring (bicyclic) bond motifs is 1. The standard InChI is InChI=1S/C24H19FN2O2/c25-19-9-4-8-18(14-19)24(28)27-13-5-10-21(27)23-26-20-15-17(11-12-22(20)29-23)16-6-2-1-3-7-16/h1-4,6-9,11-12,14-15,21H,5,10,13H2/t21-/m0/s1. The third-order valence-electron chi connectivity index (χ3n) is 5.38. The average molecular weight is 386 g/mol. The molecular weight excluding hydrogens is 367 g/mol. The van der Waals surface area contributed by atoms with Crippen LogP contribution >= 0.6 is 0 Å². The molecule has 0 saturated carbocycles. The first-order valence-corrected chi connectivity index (χ1v) is 9.71. The highest BCUT2D eigenvalue weighted by Gasteiger charge is 2.34. The van der Waals surface area contributed by atoms with Crippen molar-refractivity contribution in [3.8, 4) is 11.1 Å². The van der Waals surface area contributed by atoms with Gasteiger partial charge >= 0.3 is 0 Å². The minimum atomic E-state index is -0.415. The van der Waals surface area contributed by atoms with Gasteiger partial charge in [-0.15, -0.1) is 0 Å². The van der Waals surface area contributed by atoms with E-state index in [4.69, 9.17) is 9.40 Å². The van der Waals surface area contributed by atoms with Gasteiger partial charge in [0.15, 0.2) is 5.58 Å². The second kappa shape index (κ2) is 7.17. The molecule has 1 aliphatic heterocycles. The summed E-state index contributed by atoms with van der Waals surface area (Å²) in [5.41, 5.74) is 4.00. The number of hydrogen-bond acceptors (Lipinski definition) is 3. The number of carbonyl (C=O) groups is 1. The molecule has 0 aliphatic carbocycles. The van der Waals surface area contributed by atoms with Crippen LogP contribution in [-0.2, 0) is 0 Å². The Hall–Kier alpha value is -3.47. The Bertz CT molecular complexity index is 1190. The molecule has 5 rings (SSSR count). The maximum Gasteiger partial charge on any atom is 0.254 e. The van der Waals surface area contributed by atoms with Gasteiger partial charge in [-0.2, -0.15) is 0 Å². The van der Waals surface area contributed by atoms with Crippen LogP contribution in [0.15, 0.2) is 77.2 Å². The number of aromatic nitrogens is 1. The third kappa shape index (κ3) is 3.29. The van der Waals surface area contributed by atoms with Crippen LogP contribution in [0.25, 0.3) is 22.2 Å². The van der Waals surface area contributed by atoms with Crippen molar-refractivity contribution in [2.45, 2.75) is 18.9 Å². The van der Waals surface area contributed by atoms with Gasteiger partial charge in [0.05, 0.1) is 0 Å². The average Bonchev–Trinajstić information content (AvgIpc) is 3.40. The van der Waals surface area contributed by atoms with Crippen molar-refractivity contribution in [2.24, 2.45) is 0 Å². The number of likely N-dealkylation sites (tertiary alicyclic amines) is 1. The molecule has 29 heavy (non-hydrogen) atoms. The van der Waals surface area contributed by atoms with E-state index in [1.54, 1.807) is 17.0 Å². The zero-order valence-corrected chi connectivity index (χ0v) is 15.7. The van der Waals surface area contributed by atoms with E-state index in [1.807, 2.05) is 36.4 Å². The van der Waals surface area contributed by atoms with E-state index in [-0.39, 0.29) is 11.9 Å². The molecule has 4 nitrogen and oxygen atoms in total. The van der Waals surface area contributed by atoms with Gasteiger partial charge in [-0.05, 0) is 54.3 Å². The van der Waals surface area contributed by atoms with E-state index in [9.17, 15) is 9.18 Å². The van der Waals surface area contributed by atoms with Gasteiger partial charge in [-0.25, -0.2) is 9.37 Å². The molecule has 1 saturated heterocycles. The van der Waals surface area contributed by atoms with E-state index < -0.39 is 5.82 Å². The Balaban J connectivity index is 1.47. The number of halogens is 1. The Morgan fingerprint density at radius 3 is 2.69 bits per heavy atom. The molecule has 4 aromatic rings. The van der Waals surface area contributed by atoms with Crippen LogP contribution in [0.2, 0.25) is 0 Å². The molecule has 1 aromatic heterocycles. The van der Waals surface area contributed by atoms with Crippen molar-refractivity contribution in [1.29, 1.82) is 0 Å². The van der Waals surface area contributed by atoms with E-state index >= 15 is 0 Å². The number of amides is 1. The van der Waals surface area contributed by atoms with Gasteiger partial charge in [-0.3, -0.25) is 4.79 Å². The molecule has 0 spiro atoms. The topological polar surface area (TPSA) is 46.3 Å². The Morgan fingerprint density at radius 2 is 1.86 bits per heavy atom. The smallest absolute Gasteiger partial charge is 0.254 e. The molecular formula is C24H19FN2O2. The summed E-state index contributed by atoms with van der Waals surface area (Å²) in [5.74, 6) is -0.0754. The van der Waals surface area contributed by atoms with E-state index in [0.717, 1.165) is 29.5 Å². The molecule has 1 fully saturated rings. The Labute approximate surface area is 167 Å². The van der Waals surface area contributed by atoms with Crippen molar-refractivity contribution in [3.63, 3.8) is 0 Å². The lowest BCUT2D eigenvalue weighted by Gasteiger charge is -2.22. The van der Waals surface area contributed by atoms with Crippen LogP contribution in [0.4, 0.5) is 4.39 Å². The molecule has 5 heteroatoms. The number of nitrogens with zero attached hydrogens (tertiary/aromatic N) is 2. The third-order valence-corrected chi connectivity index (χ3v) is 5.38. The molecule has 3 aromatic carbocycles. The molecule has 0 radical (unpaired) electrons. The van der Waals surface area contributed by atoms with E-state index in [0.29, 0.717) is 23.6 Å². The monoisotopic (exact) mass is 386 g/mol. The first kappa shape index (κ1) is 17.6. The van der Waals surface area contributed by atoms with Gasteiger partial charge in [-0.1, -0.05) is 42.5 Å². The fourth-order valence-corrected chi connectivity index (χ4v) is 3.95. The second-order valence-corrected chi connectivity index (χ2v) is 7.27. The molecule has 2 heterocycles. The quantitative estimate of drug-likeness (QED) is 0.460. The summed E-state index contributed by atoms with van der Waals surface area (Å²) in [4.78, 5) is 19.4. The highest BCUT2D eigenvalue weighted by molar-refractivity contribution is 5.94. The zero-order chi connectivity index (χ0) is 19.8. The maximum atomic E-state index is 13.6. The molecule has 0 bridgehead atoms. The Morgan fingerprint density at radius 1 is 1.00 bits per heavy atom. The SMILES string of the molecule is O=C(c1cccc(F)c1)N1CCC[C@H]1c1nc2cc(-c3ccccc3)ccc2o1. The zero-order valence-electron chi connectivity index (χ0n) is 15.7. The fraction of sp³-hybridized carbons (Fsp3) is 0.167. The van der Waals surface area contributed by atoms with Gasteiger partial charge in [0.2, 0.25) is 5.89 Å². The molecule has 1 atom stereocenters. The van der Waals surface area contributed by atoms with E-state index in [2.05, 4.69) is 12.1 Å². The van der Waals surface area contributed by atoms with Gasteiger partial charge in [0, 0.05) is 12.1 Å². The summed E-state index contributed by atoms with van der Waals surface area (Å²) >= 11 is 0. The van der Waals surface area contributed by atoms with Gasteiger partial charge in [0.1, 0.15) is 17.4 Å². The molecule has 1 aliphatic rings. The number of hydrogen-bond donors (Lipinski definition) is 0. The van der Waals surface area contributed by atoms with Crippen molar-refractivity contribution < 1.29 is 13.6 Å². The first-order valence-electron chi connectivity index (χ1n) is 9.71. The lowest BCUT2D eigenvalue weighted by Crippen LogP contribution is -2.30. The van der Waals surface area contributed by atoms with E-state index in [1.165, 1.54) is 12.1 Å². The van der Waals surface area contributed by atoms with Gasteiger partial charge < -0.3 is 9.32 Å². The first-order chi connectivity index (χ1) is 14.2. The minimum absolute atomic E-state index is 0.195. The lowest BCUT2D eigenvalue weighted by atomic mass is 10.1. The number of rotatable bonds is 3. The number of benzene rings is 3. The predicted molar refractivity (Wildman–Crippen MR) is 109 cm³/mol. The van der Waals surface area contributed by atoms with Crippen LogP contribution in [0.1, 0.15) is 35.1 Å². The normalized spacial score (nSPS) is 16.4. The fourth-order valence-electron chi connectivity index (χ4n) is 3.95. The minimum Gasteiger partial charge on any atom is -0.438 e. The highest BCUT2D eigenvalue weighted by atomic mass is 19.1. The van der Waals surface area contributed by atoms with Crippen LogP contribution in [-0.4, -0.2) is 22.3 Å². The Kier molecular flexibility index (Phi) is 4.35. The second-order valence-electron chi connectivity index (χ2n) is 7.27. The molecule has 144 valence electrons. The predicted octanol–water partition coefficient (Wildman–Crippen LogP) is 5.61. The summed E-state index contributed by atoms with van der Waals surface area (Å²) in [6, 6.07) is 21.6. The lowest BCUT2D eigenvalue weighted by molar-refractivity contribution is 0.0716.